The summed E-state index contributed by atoms with van der Waals surface area (Å²) >= 11 is 0. The zero-order valence-corrected chi connectivity index (χ0v) is 17.8. The number of H-pyrrole nitrogens is 1. The van der Waals surface area contributed by atoms with Crippen LogP contribution in [0.25, 0.3) is 11.0 Å². The Balaban J connectivity index is 1.74. The highest BCUT2D eigenvalue weighted by atomic mass is 16.5. The molecule has 0 bridgehead atoms. The van der Waals surface area contributed by atoms with Crippen LogP contribution in [0.1, 0.15) is 54.6 Å². The van der Waals surface area contributed by atoms with Gasteiger partial charge in [-0.15, -0.1) is 0 Å². The number of hydrogen-bond donors (Lipinski definition) is 1. The van der Waals surface area contributed by atoms with Gasteiger partial charge < -0.3 is 9.64 Å². The number of carbonyl (C=O) groups excluding carboxylic acids is 1. The number of benzene rings is 1. The molecular weight excluding hydrogens is 396 g/mol. The van der Waals surface area contributed by atoms with Crippen LogP contribution >= 0.6 is 0 Å². The lowest BCUT2D eigenvalue weighted by atomic mass is 10.00. The SMILES string of the molecule is CCn1c(=O)[nH]c(=O)c2cc(C(=O)N3CCCCC[C@H]3c3ccc(OC)cc3)cnc21. The molecule has 1 aromatic carbocycles. The zero-order valence-electron chi connectivity index (χ0n) is 17.8. The van der Waals surface area contributed by atoms with Gasteiger partial charge in [0.15, 0.2) is 0 Å². The number of nitrogens with one attached hydrogen (secondary N) is 1. The molecule has 0 radical (unpaired) electrons. The van der Waals surface area contributed by atoms with Gasteiger partial charge in [-0.3, -0.25) is 19.1 Å². The van der Waals surface area contributed by atoms with Crippen molar-refractivity contribution in [3.05, 3.63) is 68.5 Å². The monoisotopic (exact) mass is 422 g/mol. The van der Waals surface area contributed by atoms with Crippen LogP contribution < -0.4 is 16.0 Å². The maximum absolute atomic E-state index is 13.5. The van der Waals surface area contributed by atoms with Crippen molar-refractivity contribution in [2.75, 3.05) is 13.7 Å². The van der Waals surface area contributed by atoms with Crippen LogP contribution in [0, 0.1) is 0 Å². The number of aryl methyl sites for hydroxylation is 1. The van der Waals surface area contributed by atoms with E-state index < -0.39 is 11.2 Å². The number of fused-ring (bicyclic) bond motifs is 1. The predicted octanol–water partition coefficient (Wildman–Crippen LogP) is 2.87. The Morgan fingerprint density at radius 1 is 1.19 bits per heavy atom. The third-order valence-corrected chi connectivity index (χ3v) is 5.91. The quantitative estimate of drug-likeness (QED) is 0.697. The van der Waals surface area contributed by atoms with Gasteiger partial charge in [0.2, 0.25) is 0 Å². The maximum atomic E-state index is 13.5. The summed E-state index contributed by atoms with van der Waals surface area (Å²) in [6.45, 7) is 2.81. The summed E-state index contributed by atoms with van der Waals surface area (Å²) in [6, 6.07) is 9.30. The van der Waals surface area contributed by atoms with Crippen LogP contribution in [0.15, 0.2) is 46.1 Å². The van der Waals surface area contributed by atoms with E-state index in [1.807, 2.05) is 29.2 Å². The van der Waals surface area contributed by atoms with Gasteiger partial charge in [0, 0.05) is 19.3 Å². The fourth-order valence-corrected chi connectivity index (χ4v) is 4.27. The molecule has 3 heterocycles. The van der Waals surface area contributed by atoms with Crippen LogP contribution in [0.3, 0.4) is 0 Å². The van der Waals surface area contributed by atoms with E-state index >= 15 is 0 Å². The molecule has 162 valence electrons. The smallest absolute Gasteiger partial charge is 0.329 e. The van der Waals surface area contributed by atoms with Crippen molar-refractivity contribution >= 4 is 16.9 Å². The van der Waals surface area contributed by atoms with E-state index in [0.717, 1.165) is 37.0 Å². The Labute approximate surface area is 179 Å². The van der Waals surface area contributed by atoms with E-state index in [-0.39, 0.29) is 23.0 Å². The zero-order chi connectivity index (χ0) is 22.0. The van der Waals surface area contributed by atoms with Crippen molar-refractivity contribution in [2.24, 2.45) is 0 Å². The number of amides is 1. The molecule has 1 saturated heterocycles. The second-order valence-corrected chi connectivity index (χ2v) is 7.74. The summed E-state index contributed by atoms with van der Waals surface area (Å²) in [5.74, 6) is 0.612. The van der Waals surface area contributed by atoms with Crippen LogP contribution in [0.4, 0.5) is 0 Å². The normalized spacial score (nSPS) is 16.8. The van der Waals surface area contributed by atoms with Crippen LogP contribution in [0.5, 0.6) is 5.75 Å². The van der Waals surface area contributed by atoms with Gasteiger partial charge in [0.25, 0.3) is 11.5 Å². The number of aromatic nitrogens is 3. The maximum Gasteiger partial charge on any atom is 0.329 e. The van der Waals surface area contributed by atoms with Crippen molar-refractivity contribution in [2.45, 2.75) is 45.2 Å². The second kappa shape index (κ2) is 8.75. The number of methoxy groups -OCH3 is 1. The van der Waals surface area contributed by atoms with E-state index in [0.29, 0.717) is 18.7 Å². The number of pyridine rings is 1. The highest BCUT2D eigenvalue weighted by Crippen LogP contribution is 2.32. The predicted molar refractivity (Wildman–Crippen MR) is 118 cm³/mol. The molecule has 0 aliphatic carbocycles. The molecule has 8 heteroatoms. The number of hydrogen-bond acceptors (Lipinski definition) is 5. The number of nitrogens with zero attached hydrogens (tertiary/aromatic N) is 3. The molecule has 1 atom stereocenters. The molecule has 8 nitrogen and oxygen atoms in total. The first-order valence-corrected chi connectivity index (χ1v) is 10.6. The first-order valence-electron chi connectivity index (χ1n) is 10.6. The minimum atomic E-state index is -0.533. The van der Waals surface area contributed by atoms with E-state index in [1.54, 1.807) is 20.1 Å². The molecule has 0 saturated carbocycles. The Bertz CT molecular complexity index is 1210. The van der Waals surface area contributed by atoms with Crippen LogP contribution in [-0.4, -0.2) is 39.0 Å². The van der Waals surface area contributed by atoms with Gasteiger partial charge in [-0.2, -0.15) is 0 Å². The van der Waals surface area contributed by atoms with Gasteiger partial charge in [-0.1, -0.05) is 25.0 Å². The Morgan fingerprint density at radius 3 is 2.68 bits per heavy atom. The summed E-state index contributed by atoms with van der Waals surface area (Å²) in [4.78, 5) is 46.4. The molecular formula is C23H26N4O4. The summed E-state index contributed by atoms with van der Waals surface area (Å²) in [6.07, 6.45) is 5.36. The van der Waals surface area contributed by atoms with Crippen molar-refractivity contribution in [3.63, 3.8) is 0 Å². The lowest BCUT2D eigenvalue weighted by Crippen LogP contribution is -2.35. The van der Waals surface area contributed by atoms with E-state index in [1.165, 1.54) is 10.8 Å². The highest BCUT2D eigenvalue weighted by molar-refractivity contribution is 5.97. The van der Waals surface area contributed by atoms with E-state index in [9.17, 15) is 14.4 Å². The molecule has 3 aromatic rings. The molecule has 2 aromatic heterocycles. The topological polar surface area (TPSA) is 97.3 Å². The minimum absolute atomic E-state index is 0.0560. The largest absolute Gasteiger partial charge is 0.497 e. The lowest BCUT2D eigenvalue weighted by Gasteiger charge is -2.30. The molecule has 0 unspecified atom stereocenters. The minimum Gasteiger partial charge on any atom is -0.497 e. The molecule has 1 fully saturated rings. The molecule has 1 amide bonds. The molecule has 1 N–H and O–H groups in total. The number of ether oxygens (including phenoxy) is 1. The molecule has 1 aliphatic heterocycles. The van der Waals surface area contributed by atoms with Crippen molar-refractivity contribution < 1.29 is 9.53 Å². The van der Waals surface area contributed by atoms with Gasteiger partial charge in [-0.25, -0.2) is 9.78 Å². The van der Waals surface area contributed by atoms with Gasteiger partial charge in [0.1, 0.15) is 11.4 Å². The average molecular weight is 422 g/mol. The third kappa shape index (κ3) is 3.97. The number of carbonyl (C=O) groups is 1. The van der Waals surface area contributed by atoms with Gasteiger partial charge in [0.05, 0.1) is 24.1 Å². The summed E-state index contributed by atoms with van der Waals surface area (Å²) in [5.41, 5.74) is 0.658. The number of likely N-dealkylation sites (tertiary alicyclic amines) is 1. The molecule has 1 aliphatic rings. The lowest BCUT2D eigenvalue weighted by molar-refractivity contribution is 0.0680. The Kier molecular flexibility index (Phi) is 5.88. The van der Waals surface area contributed by atoms with Crippen LogP contribution in [0.2, 0.25) is 0 Å². The fraction of sp³-hybridized carbons (Fsp3) is 0.391. The first kappa shape index (κ1) is 20.8. The van der Waals surface area contributed by atoms with Crippen LogP contribution in [-0.2, 0) is 6.54 Å². The van der Waals surface area contributed by atoms with Gasteiger partial charge in [-0.05, 0) is 43.5 Å². The van der Waals surface area contributed by atoms with E-state index in [4.69, 9.17) is 4.74 Å². The number of aromatic amines is 1. The fourth-order valence-electron chi connectivity index (χ4n) is 4.27. The number of rotatable bonds is 4. The van der Waals surface area contributed by atoms with Crippen molar-refractivity contribution in [3.8, 4) is 5.75 Å². The second-order valence-electron chi connectivity index (χ2n) is 7.74. The Hall–Kier alpha value is -3.42. The van der Waals surface area contributed by atoms with Crippen molar-refractivity contribution in [1.29, 1.82) is 0 Å². The first-order chi connectivity index (χ1) is 15.0. The molecule has 4 rings (SSSR count). The summed E-state index contributed by atoms with van der Waals surface area (Å²) in [5, 5.41) is 0.239. The average Bonchev–Trinajstić information content (AvgIpc) is 3.05. The van der Waals surface area contributed by atoms with Gasteiger partial charge >= 0.3 is 5.69 Å². The summed E-state index contributed by atoms with van der Waals surface area (Å²) < 4.78 is 6.64. The van der Waals surface area contributed by atoms with Crippen molar-refractivity contribution in [1.82, 2.24) is 19.4 Å². The third-order valence-electron chi connectivity index (χ3n) is 5.91. The van der Waals surface area contributed by atoms with E-state index in [2.05, 4.69) is 9.97 Å². The Morgan fingerprint density at radius 2 is 1.97 bits per heavy atom. The molecule has 0 spiro atoms. The molecule has 31 heavy (non-hydrogen) atoms. The summed E-state index contributed by atoms with van der Waals surface area (Å²) in [7, 11) is 1.63. The standard InChI is InChI=1S/C23H26N4O4/c1-3-26-20-18(21(28)25-23(26)30)13-16(14-24-20)22(29)27-12-6-4-5-7-19(27)15-8-10-17(31-2)11-9-15/h8-11,13-14,19H,3-7,12H2,1-2H3,(H,25,28,30)/t19-/m0/s1. The highest BCUT2D eigenvalue weighted by Gasteiger charge is 2.28.